The predicted octanol–water partition coefficient (Wildman–Crippen LogP) is 6.04. The Morgan fingerprint density at radius 1 is 1.30 bits per heavy atom. The van der Waals surface area contributed by atoms with Crippen molar-refractivity contribution in [2.24, 2.45) is 0 Å². The average molecular weight is 402 g/mol. The van der Waals surface area contributed by atoms with E-state index in [1.165, 1.54) is 33.3 Å². The highest BCUT2D eigenvalue weighted by molar-refractivity contribution is 6.30. The summed E-state index contributed by atoms with van der Waals surface area (Å²) in [6, 6.07) is 8.62. The Kier molecular flexibility index (Phi) is 5.55. The number of hydrogen-bond acceptors (Lipinski definition) is 2. The maximum atomic E-state index is 6.27. The van der Waals surface area contributed by atoms with Crippen LogP contribution in [0.4, 0.5) is 5.82 Å². The SMILES string of the molecule is C=CCn1c(C)c(C)c2ccnc(N3CCc4ccc(Cl)cc4C3C)c21.Cl. The van der Waals surface area contributed by atoms with Crippen LogP contribution in [0.1, 0.15) is 35.3 Å². The van der Waals surface area contributed by atoms with E-state index in [9.17, 15) is 0 Å². The number of aromatic nitrogens is 2. The number of allylic oxidation sites excluding steroid dienone is 1. The lowest BCUT2D eigenvalue weighted by Crippen LogP contribution is -2.35. The van der Waals surface area contributed by atoms with Crippen LogP contribution in [0.15, 0.2) is 43.1 Å². The lowest BCUT2D eigenvalue weighted by atomic mass is 9.93. The van der Waals surface area contributed by atoms with Crippen molar-refractivity contribution in [2.45, 2.75) is 39.8 Å². The molecule has 4 rings (SSSR count). The molecule has 0 aliphatic carbocycles. The van der Waals surface area contributed by atoms with Crippen LogP contribution >= 0.6 is 24.0 Å². The number of anilines is 1. The molecule has 0 saturated carbocycles. The van der Waals surface area contributed by atoms with Crippen molar-refractivity contribution in [3.63, 3.8) is 0 Å². The second-order valence-corrected chi connectivity index (χ2v) is 7.54. The molecule has 0 fully saturated rings. The van der Waals surface area contributed by atoms with Crippen LogP contribution in [0.2, 0.25) is 5.02 Å². The van der Waals surface area contributed by atoms with E-state index < -0.39 is 0 Å². The molecule has 0 saturated heterocycles. The van der Waals surface area contributed by atoms with E-state index in [2.05, 4.69) is 55.0 Å². The topological polar surface area (TPSA) is 21.1 Å². The molecule has 27 heavy (non-hydrogen) atoms. The summed E-state index contributed by atoms with van der Waals surface area (Å²) in [6.07, 6.45) is 4.90. The molecule has 5 heteroatoms. The summed E-state index contributed by atoms with van der Waals surface area (Å²) in [5.41, 5.74) is 6.50. The fourth-order valence-electron chi connectivity index (χ4n) is 4.22. The van der Waals surface area contributed by atoms with Gasteiger partial charge in [-0.2, -0.15) is 0 Å². The Balaban J connectivity index is 0.00000210. The summed E-state index contributed by atoms with van der Waals surface area (Å²) in [5.74, 6) is 1.05. The third-order valence-electron chi connectivity index (χ3n) is 5.76. The van der Waals surface area contributed by atoms with Crippen molar-refractivity contribution in [2.75, 3.05) is 11.4 Å². The van der Waals surface area contributed by atoms with Crippen molar-refractivity contribution in [3.8, 4) is 0 Å². The smallest absolute Gasteiger partial charge is 0.153 e. The van der Waals surface area contributed by atoms with Gasteiger partial charge in [0.2, 0.25) is 0 Å². The second kappa shape index (κ2) is 7.57. The van der Waals surface area contributed by atoms with Crippen LogP contribution in [-0.2, 0) is 13.0 Å². The molecule has 0 amide bonds. The number of fused-ring (bicyclic) bond motifs is 2. The van der Waals surface area contributed by atoms with Crippen molar-refractivity contribution in [1.82, 2.24) is 9.55 Å². The number of rotatable bonds is 3. The molecule has 1 unspecified atom stereocenters. The zero-order valence-electron chi connectivity index (χ0n) is 16.0. The normalized spacial score (nSPS) is 16.1. The summed E-state index contributed by atoms with van der Waals surface area (Å²) in [6.45, 7) is 12.3. The van der Waals surface area contributed by atoms with Crippen LogP contribution in [0.3, 0.4) is 0 Å². The predicted molar refractivity (Wildman–Crippen MR) is 118 cm³/mol. The van der Waals surface area contributed by atoms with Gasteiger partial charge in [-0.05, 0) is 62.1 Å². The highest BCUT2D eigenvalue weighted by Gasteiger charge is 2.28. The van der Waals surface area contributed by atoms with E-state index in [-0.39, 0.29) is 18.4 Å². The lowest BCUT2D eigenvalue weighted by molar-refractivity contribution is 0.617. The Morgan fingerprint density at radius 3 is 2.81 bits per heavy atom. The summed E-state index contributed by atoms with van der Waals surface area (Å²) < 4.78 is 2.33. The molecule has 142 valence electrons. The fourth-order valence-corrected chi connectivity index (χ4v) is 4.40. The second-order valence-electron chi connectivity index (χ2n) is 7.10. The molecule has 3 aromatic rings. The van der Waals surface area contributed by atoms with Gasteiger partial charge in [0.25, 0.3) is 0 Å². The minimum absolute atomic E-state index is 0. The fraction of sp³-hybridized carbons (Fsp3) is 0.318. The van der Waals surface area contributed by atoms with Crippen LogP contribution in [0.25, 0.3) is 10.9 Å². The highest BCUT2D eigenvalue weighted by Crippen LogP contribution is 2.38. The van der Waals surface area contributed by atoms with Crippen molar-refractivity contribution >= 4 is 40.7 Å². The molecular weight excluding hydrogens is 377 g/mol. The van der Waals surface area contributed by atoms with Gasteiger partial charge in [0.15, 0.2) is 5.82 Å². The quantitative estimate of drug-likeness (QED) is 0.498. The number of pyridine rings is 1. The Hall–Kier alpha value is -1.97. The first-order chi connectivity index (χ1) is 12.5. The molecule has 3 nitrogen and oxygen atoms in total. The molecular formula is C22H25Cl2N3. The summed E-state index contributed by atoms with van der Waals surface area (Å²) >= 11 is 6.27. The van der Waals surface area contributed by atoms with E-state index in [0.29, 0.717) is 0 Å². The van der Waals surface area contributed by atoms with Crippen LogP contribution in [-0.4, -0.2) is 16.1 Å². The highest BCUT2D eigenvalue weighted by atomic mass is 35.5. The molecule has 2 aromatic heterocycles. The largest absolute Gasteiger partial charge is 0.348 e. The Morgan fingerprint density at radius 2 is 2.07 bits per heavy atom. The van der Waals surface area contributed by atoms with Gasteiger partial charge < -0.3 is 9.47 Å². The van der Waals surface area contributed by atoms with Gasteiger partial charge in [0.05, 0.1) is 11.6 Å². The number of hydrogen-bond donors (Lipinski definition) is 0. The lowest BCUT2D eigenvalue weighted by Gasteiger charge is -2.36. The Labute approximate surface area is 172 Å². The number of halogens is 2. The first kappa shape index (κ1) is 19.8. The van der Waals surface area contributed by atoms with Gasteiger partial charge in [-0.15, -0.1) is 19.0 Å². The van der Waals surface area contributed by atoms with Crippen LogP contribution in [0, 0.1) is 13.8 Å². The van der Waals surface area contributed by atoms with E-state index >= 15 is 0 Å². The molecule has 3 heterocycles. The molecule has 1 aromatic carbocycles. The van der Waals surface area contributed by atoms with Gasteiger partial charge in [-0.3, -0.25) is 0 Å². The van der Waals surface area contributed by atoms with Gasteiger partial charge in [-0.1, -0.05) is 23.7 Å². The van der Waals surface area contributed by atoms with Gasteiger partial charge >= 0.3 is 0 Å². The molecule has 0 N–H and O–H groups in total. The van der Waals surface area contributed by atoms with Crippen LogP contribution in [0.5, 0.6) is 0 Å². The average Bonchev–Trinajstić information content (AvgIpc) is 2.88. The monoisotopic (exact) mass is 401 g/mol. The number of aryl methyl sites for hydroxylation is 1. The molecule has 1 atom stereocenters. The van der Waals surface area contributed by atoms with E-state index in [1.54, 1.807) is 0 Å². The van der Waals surface area contributed by atoms with Crippen molar-refractivity contribution in [3.05, 3.63) is 70.5 Å². The van der Waals surface area contributed by atoms with E-state index in [0.717, 1.165) is 30.4 Å². The standard InChI is InChI=1S/C22H24ClN3.ClH/c1-5-11-25-15(3)14(2)19-8-10-24-22(21(19)25)26-12-9-17-6-7-18(23)13-20(17)16(26)4;/h5-8,10,13,16H,1,9,11-12H2,2-4H3;1H. The zero-order valence-corrected chi connectivity index (χ0v) is 17.6. The Bertz CT molecular complexity index is 1010. The molecule has 0 radical (unpaired) electrons. The van der Waals surface area contributed by atoms with Gasteiger partial charge in [0, 0.05) is 35.4 Å². The number of nitrogens with zero attached hydrogens (tertiary/aromatic N) is 3. The van der Waals surface area contributed by atoms with Crippen molar-refractivity contribution < 1.29 is 0 Å². The minimum atomic E-state index is 0. The molecule has 0 spiro atoms. The van der Waals surface area contributed by atoms with E-state index in [4.69, 9.17) is 16.6 Å². The third kappa shape index (κ3) is 3.13. The van der Waals surface area contributed by atoms with Crippen LogP contribution < -0.4 is 4.90 Å². The zero-order chi connectivity index (χ0) is 18.4. The maximum absolute atomic E-state index is 6.27. The first-order valence-corrected chi connectivity index (χ1v) is 9.51. The van der Waals surface area contributed by atoms with E-state index in [1.807, 2.05) is 18.3 Å². The third-order valence-corrected chi connectivity index (χ3v) is 5.99. The molecule has 0 bridgehead atoms. The summed E-state index contributed by atoms with van der Waals surface area (Å²) in [5, 5.41) is 2.07. The number of benzene rings is 1. The maximum Gasteiger partial charge on any atom is 0.153 e. The summed E-state index contributed by atoms with van der Waals surface area (Å²) in [4.78, 5) is 7.23. The van der Waals surface area contributed by atoms with Crippen molar-refractivity contribution in [1.29, 1.82) is 0 Å². The minimum Gasteiger partial charge on any atom is -0.348 e. The van der Waals surface area contributed by atoms with Gasteiger partial charge in [-0.25, -0.2) is 4.98 Å². The molecule has 1 aliphatic heterocycles. The summed E-state index contributed by atoms with van der Waals surface area (Å²) in [7, 11) is 0. The molecule has 1 aliphatic rings. The van der Waals surface area contributed by atoms with Gasteiger partial charge in [0.1, 0.15) is 0 Å². The first-order valence-electron chi connectivity index (χ1n) is 9.13.